The molecule has 0 aromatic heterocycles. The van der Waals surface area contributed by atoms with Crippen LogP contribution >= 0.6 is 7.60 Å². The highest BCUT2D eigenvalue weighted by molar-refractivity contribution is 7.53. The summed E-state index contributed by atoms with van der Waals surface area (Å²) in [5, 5.41) is 12.4. The van der Waals surface area contributed by atoms with Gasteiger partial charge >= 0.3 is 13.6 Å². The van der Waals surface area contributed by atoms with Crippen molar-refractivity contribution in [3.05, 3.63) is 35.9 Å². The SMILES string of the molecule is CC(C)C(NC(=O)CCc1ccccc1)P(=O)(O)OC1(C(=O)O)CCN(CCN)CC1. The summed E-state index contributed by atoms with van der Waals surface area (Å²) >= 11 is 0. The molecule has 2 rings (SSSR count). The van der Waals surface area contributed by atoms with Crippen LogP contribution in [-0.2, 0) is 25.1 Å². The minimum absolute atomic E-state index is 0.0691. The molecule has 174 valence electrons. The number of piperidine rings is 1. The molecule has 1 aromatic carbocycles. The van der Waals surface area contributed by atoms with Crippen LogP contribution in [0.25, 0.3) is 0 Å². The molecule has 0 spiro atoms. The van der Waals surface area contributed by atoms with Crippen molar-refractivity contribution in [2.24, 2.45) is 11.7 Å². The van der Waals surface area contributed by atoms with Gasteiger partial charge in [-0.2, -0.15) is 0 Å². The number of nitrogens with zero attached hydrogens (tertiary/aromatic N) is 1. The van der Waals surface area contributed by atoms with Gasteiger partial charge in [0.25, 0.3) is 0 Å². The first-order valence-electron chi connectivity index (χ1n) is 10.6. The van der Waals surface area contributed by atoms with E-state index in [1.807, 2.05) is 35.2 Å². The van der Waals surface area contributed by atoms with E-state index in [1.54, 1.807) is 13.8 Å². The van der Waals surface area contributed by atoms with Crippen LogP contribution in [0.4, 0.5) is 0 Å². The Labute approximate surface area is 183 Å². The number of nitrogens with two attached hydrogens (primary N) is 1. The number of nitrogens with one attached hydrogen (secondary N) is 1. The first kappa shape index (κ1) is 25.5. The summed E-state index contributed by atoms with van der Waals surface area (Å²) < 4.78 is 18.7. The second kappa shape index (κ2) is 11.2. The highest BCUT2D eigenvalue weighted by Crippen LogP contribution is 2.54. The fourth-order valence-electron chi connectivity index (χ4n) is 3.74. The van der Waals surface area contributed by atoms with E-state index in [0.29, 0.717) is 32.6 Å². The van der Waals surface area contributed by atoms with E-state index >= 15 is 0 Å². The largest absolute Gasteiger partial charge is 0.479 e. The molecule has 2 unspecified atom stereocenters. The topological polar surface area (TPSA) is 142 Å². The molecule has 10 heteroatoms. The van der Waals surface area contributed by atoms with E-state index in [-0.39, 0.29) is 25.2 Å². The Morgan fingerprint density at radius 2 is 1.87 bits per heavy atom. The lowest BCUT2D eigenvalue weighted by Gasteiger charge is -2.40. The second-order valence-electron chi connectivity index (χ2n) is 8.33. The van der Waals surface area contributed by atoms with Crippen molar-refractivity contribution in [3.63, 3.8) is 0 Å². The monoisotopic (exact) mass is 455 g/mol. The van der Waals surface area contributed by atoms with Gasteiger partial charge in [0.2, 0.25) is 5.91 Å². The zero-order valence-corrected chi connectivity index (χ0v) is 19.1. The average Bonchev–Trinajstić information content (AvgIpc) is 2.72. The minimum atomic E-state index is -4.49. The Balaban J connectivity index is 2.06. The third kappa shape index (κ3) is 7.12. The average molecular weight is 455 g/mol. The number of likely N-dealkylation sites (tertiary alicyclic amines) is 1. The predicted molar refractivity (Wildman–Crippen MR) is 118 cm³/mol. The summed E-state index contributed by atoms with van der Waals surface area (Å²) in [6, 6.07) is 9.45. The molecular weight excluding hydrogens is 421 g/mol. The standard InChI is InChI=1S/C21H34N3O6P/c1-16(2)19(23-18(25)9-8-17-6-4-3-5-7-17)31(28,29)30-21(20(26)27)10-13-24(14-11-21)15-12-22/h3-7,16,19H,8-15,22H2,1-2H3,(H,23,25)(H,26,27)(H,28,29). The van der Waals surface area contributed by atoms with Crippen molar-refractivity contribution < 1.29 is 28.7 Å². The van der Waals surface area contributed by atoms with Gasteiger partial charge in [0.1, 0.15) is 5.78 Å². The number of amides is 1. The van der Waals surface area contributed by atoms with E-state index in [2.05, 4.69) is 5.32 Å². The molecule has 1 heterocycles. The molecule has 31 heavy (non-hydrogen) atoms. The highest BCUT2D eigenvalue weighted by atomic mass is 31.2. The minimum Gasteiger partial charge on any atom is -0.479 e. The van der Waals surface area contributed by atoms with Gasteiger partial charge in [-0.25, -0.2) is 4.79 Å². The number of benzene rings is 1. The molecule has 5 N–H and O–H groups in total. The van der Waals surface area contributed by atoms with Gasteiger partial charge in [0.05, 0.1) is 0 Å². The molecule has 2 atom stereocenters. The second-order valence-corrected chi connectivity index (χ2v) is 10.2. The maximum Gasteiger partial charge on any atom is 0.351 e. The van der Waals surface area contributed by atoms with E-state index in [4.69, 9.17) is 10.3 Å². The van der Waals surface area contributed by atoms with Crippen LogP contribution in [0.1, 0.15) is 38.7 Å². The van der Waals surface area contributed by atoms with Gasteiger partial charge in [-0.3, -0.25) is 13.9 Å². The van der Waals surface area contributed by atoms with Crippen molar-refractivity contribution in [2.75, 3.05) is 26.2 Å². The van der Waals surface area contributed by atoms with Crippen molar-refractivity contribution in [1.82, 2.24) is 10.2 Å². The Morgan fingerprint density at radius 1 is 1.26 bits per heavy atom. The maximum atomic E-state index is 13.2. The van der Waals surface area contributed by atoms with Crippen LogP contribution in [0, 0.1) is 5.92 Å². The molecule has 1 aliphatic heterocycles. The van der Waals surface area contributed by atoms with Crippen molar-refractivity contribution >= 4 is 19.5 Å². The number of hydrogen-bond donors (Lipinski definition) is 4. The van der Waals surface area contributed by atoms with Gasteiger partial charge in [0.15, 0.2) is 5.60 Å². The van der Waals surface area contributed by atoms with Gasteiger partial charge in [-0.15, -0.1) is 0 Å². The van der Waals surface area contributed by atoms with Gasteiger partial charge < -0.3 is 26.0 Å². The molecule has 1 saturated heterocycles. The van der Waals surface area contributed by atoms with Crippen LogP contribution < -0.4 is 11.1 Å². The number of carbonyl (C=O) groups is 2. The van der Waals surface area contributed by atoms with Gasteiger partial charge in [-0.05, 0) is 17.9 Å². The third-order valence-electron chi connectivity index (χ3n) is 5.58. The molecule has 9 nitrogen and oxygen atoms in total. The Morgan fingerprint density at radius 3 is 2.39 bits per heavy atom. The van der Waals surface area contributed by atoms with Crippen LogP contribution in [0.5, 0.6) is 0 Å². The number of carboxylic acid groups (broad SMARTS) is 1. The van der Waals surface area contributed by atoms with E-state index in [9.17, 15) is 24.2 Å². The zero-order chi connectivity index (χ0) is 23.1. The Bertz CT molecular complexity index is 781. The number of aryl methyl sites for hydroxylation is 1. The summed E-state index contributed by atoms with van der Waals surface area (Å²) in [5.74, 6) is -3.29. The number of aliphatic carboxylic acids is 1. The van der Waals surface area contributed by atoms with Crippen LogP contribution in [0.2, 0.25) is 0 Å². The van der Waals surface area contributed by atoms with Crippen molar-refractivity contribution in [1.29, 1.82) is 0 Å². The van der Waals surface area contributed by atoms with Crippen LogP contribution in [-0.4, -0.2) is 64.3 Å². The lowest BCUT2D eigenvalue weighted by atomic mass is 9.92. The summed E-state index contributed by atoms with van der Waals surface area (Å²) in [6.07, 6.45) is 0.773. The molecule has 1 amide bonds. The summed E-state index contributed by atoms with van der Waals surface area (Å²) in [6.45, 7) is 5.25. The van der Waals surface area contributed by atoms with E-state index in [0.717, 1.165) is 5.56 Å². The third-order valence-corrected chi connectivity index (χ3v) is 7.62. The fraction of sp³-hybridized carbons (Fsp3) is 0.619. The lowest BCUT2D eigenvalue weighted by molar-refractivity contribution is -0.160. The molecule has 1 fully saturated rings. The first-order chi connectivity index (χ1) is 14.6. The molecule has 0 bridgehead atoms. The highest BCUT2D eigenvalue weighted by Gasteiger charge is 2.50. The van der Waals surface area contributed by atoms with Crippen molar-refractivity contribution in [3.8, 4) is 0 Å². The predicted octanol–water partition coefficient (Wildman–Crippen LogP) is 1.80. The zero-order valence-electron chi connectivity index (χ0n) is 18.2. The lowest BCUT2D eigenvalue weighted by Crippen LogP contribution is -2.52. The summed E-state index contributed by atoms with van der Waals surface area (Å²) in [7, 11) is -4.49. The summed E-state index contributed by atoms with van der Waals surface area (Å²) in [5.41, 5.74) is 4.77. The van der Waals surface area contributed by atoms with Gasteiger partial charge in [0, 0.05) is 45.4 Å². The number of hydrogen-bond acceptors (Lipinski definition) is 6. The Hall–Kier alpha value is -1.77. The molecule has 1 aliphatic rings. The molecule has 0 saturated carbocycles. The Kier molecular flexibility index (Phi) is 9.21. The normalized spacial score (nSPS) is 19.5. The molecule has 0 aliphatic carbocycles. The van der Waals surface area contributed by atoms with Gasteiger partial charge in [-0.1, -0.05) is 44.2 Å². The first-order valence-corrected chi connectivity index (χ1v) is 12.3. The fourth-order valence-corrected chi connectivity index (χ4v) is 5.67. The quantitative estimate of drug-likeness (QED) is 0.370. The van der Waals surface area contributed by atoms with E-state index in [1.165, 1.54) is 0 Å². The van der Waals surface area contributed by atoms with Crippen molar-refractivity contribution in [2.45, 2.75) is 50.9 Å². The number of rotatable bonds is 11. The molecule has 1 aromatic rings. The molecule has 0 radical (unpaired) electrons. The van der Waals surface area contributed by atoms with Crippen LogP contribution in [0.15, 0.2) is 30.3 Å². The van der Waals surface area contributed by atoms with Crippen LogP contribution in [0.3, 0.4) is 0 Å². The maximum absolute atomic E-state index is 13.2. The number of carbonyl (C=O) groups excluding carboxylic acids is 1. The number of carboxylic acids is 1. The molecular formula is C21H34N3O6P. The summed E-state index contributed by atoms with van der Waals surface area (Å²) in [4.78, 5) is 37.2. The smallest absolute Gasteiger partial charge is 0.351 e. The van der Waals surface area contributed by atoms with E-state index < -0.39 is 30.9 Å².